The van der Waals surface area contributed by atoms with E-state index in [0.29, 0.717) is 27.8 Å². The van der Waals surface area contributed by atoms with Crippen molar-refractivity contribution in [2.45, 2.75) is 125 Å². The van der Waals surface area contributed by atoms with Gasteiger partial charge in [-0.05, 0) is 122 Å². The zero-order chi connectivity index (χ0) is 29.5. The van der Waals surface area contributed by atoms with Gasteiger partial charge in [0.25, 0.3) is 0 Å². The molecule has 0 saturated heterocycles. The van der Waals surface area contributed by atoms with Crippen molar-refractivity contribution in [3.8, 4) is 0 Å². The van der Waals surface area contributed by atoms with Crippen LogP contribution in [0, 0.1) is 58.2 Å². The number of hydrogen-bond donors (Lipinski definition) is 1. The minimum absolute atomic E-state index is 0.155. The fraction of sp³-hybridized carbons (Fsp3) is 1.00. The standard InChI is InChI=1S/C34H64NO4P/c1-10-26(24(2)3)12-11-25(4)30-15-16-31-29-14-13-27-23-28(39-40(36,37)38-22-21-35(7,8)9)17-19-33(27,5)32(29)18-20-34(30,31)6/h24-32H,10-23H2,1-9H3/p+1/t25?,26-,27+,28+,29+,30-,31+,32+,33+,34-/m1/s1. The van der Waals surface area contributed by atoms with E-state index in [-0.39, 0.29) is 12.7 Å². The Morgan fingerprint density at radius 3 is 2.25 bits per heavy atom. The summed E-state index contributed by atoms with van der Waals surface area (Å²) in [5.74, 6) is 6.60. The summed E-state index contributed by atoms with van der Waals surface area (Å²) in [6.07, 6.45) is 15.2. The van der Waals surface area contributed by atoms with Gasteiger partial charge in [-0.3, -0.25) is 9.05 Å². The van der Waals surface area contributed by atoms with Gasteiger partial charge < -0.3 is 9.38 Å². The molecule has 234 valence electrons. The summed E-state index contributed by atoms with van der Waals surface area (Å²) in [5.41, 5.74) is 0.875. The summed E-state index contributed by atoms with van der Waals surface area (Å²) in [4.78, 5) is 10.4. The maximum Gasteiger partial charge on any atom is 0.472 e. The van der Waals surface area contributed by atoms with E-state index in [1.165, 1.54) is 57.8 Å². The largest absolute Gasteiger partial charge is 0.472 e. The minimum atomic E-state index is -4.02. The number of phosphoric ester groups is 1. The van der Waals surface area contributed by atoms with Gasteiger partial charge in [0.15, 0.2) is 0 Å². The van der Waals surface area contributed by atoms with E-state index in [9.17, 15) is 9.46 Å². The first-order chi connectivity index (χ1) is 18.6. The second-order valence-electron chi connectivity index (χ2n) is 16.7. The van der Waals surface area contributed by atoms with Crippen LogP contribution in [-0.4, -0.2) is 49.8 Å². The molecule has 4 saturated carbocycles. The predicted molar refractivity (Wildman–Crippen MR) is 166 cm³/mol. The molecular weight excluding hydrogens is 517 g/mol. The first kappa shape index (κ1) is 33.0. The van der Waals surface area contributed by atoms with E-state index in [0.717, 1.165) is 60.7 Å². The quantitative estimate of drug-likeness (QED) is 0.184. The second kappa shape index (κ2) is 12.6. The molecule has 4 aliphatic carbocycles. The van der Waals surface area contributed by atoms with E-state index < -0.39 is 7.82 Å². The topological polar surface area (TPSA) is 55.8 Å². The van der Waals surface area contributed by atoms with Crippen LogP contribution in [-0.2, 0) is 13.6 Å². The smallest absolute Gasteiger partial charge is 0.329 e. The zero-order valence-electron chi connectivity index (χ0n) is 27.7. The van der Waals surface area contributed by atoms with Crippen molar-refractivity contribution in [3.05, 3.63) is 0 Å². The van der Waals surface area contributed by atoms with Gasteiger partial charge >= 0.3 is 7.82 Å². The molecule has 0 spiro atoms. The van der Waals surface area contributed by atoms with Crippen LogP contribution in [0.25, 0.3) is 0 Å². The van der Waals surface area contributed by atoms with Crippen molar-refractivity contribution in [3.63, 3.8) is 0 Å². The normalized spacial score (nSPS) is 41.1. The van der Waals surface area contributed by atoms with Gasteiger partial charge in [0.1, 0.15) is 13.2 Å². The first-order valence-electron chi connectivity index (χ1n) is 17.1. The number of hydrogen-bond acceptors (Lipinski definition) is 3. The van der Waals surface area contributed by atoms with E-state index in [4.69, 9.17) is 9.05 Å². The zero-order valence-corrected chi connectivity index (χ0v) is 28.6. The number of nitrogens with zero attached hydrogens (tertiary/aromatic N) is 1. The Morgan fingerprint density at radius 1 is 0.925 bits per heavy atom. The molecule has 0 aromatic carbocycles. The fourth-order valence-electron chi connectivity index (χ4n) is 10.6. The molecule has 0 aliphatic heterocycles. The first-order valence-corrected chi connectivity index (χ1v) is 18.6. The van der Waals surface area contributed by atoms with Gasteiger partial charge in [-0.25, -0.2) is 4.57 Å². The molecule has 0 aromatic heterocycles. The van der Waals surface area contributed by atoms with Crippen molar-refractivity contribution in [1.29, 1.82) is 0 Å². The molecule has 11 atom stereocenters. The van der Waals surface area contributed by atoms with Crippen LogP contribution in [0.3, 0.4) is 0 Å². The molecule has 6 heteroatoms. The molecule has 1 N–H and O–H groups in total. The van der Waals surface area contributed by atoms with Crippen molar-refractivity contribution in [1.82, 2.24) is 0 Å². The summed E-state index contributed by atoms with van der Waals surface area (Å²) < 4.78 is 24.6. The molecule has 0 bridgehead atoms. The van der Waals surface area contributed by atoms with Crippen molar-refractivity contribution in [2.75, 3.05) is 34.3 Å². The van der Waals surface area contributed by atoms with Crippen LogP contribution in [0.5, 0.6) is 0 Å². The lowest BCUT2D eigenvalue weighted by Crippen LogP contribution is -2.54. The van der Waals surface area contributed by atoms with Gasteiger partial charge in [-0.15, -0.1) is 0 Å². The SMILES string of the molecule is CC[C@H](CCC(C)[C@H]1CC[C@H]2[C@@H]3CC[C@H]4C[C@@H](OP(=O)(O)OCC[N+](C)(C)C)CC[C@]4(C)[C@H]3CC[C@]12C)C(C)C. The third-order valence-corrected chi connectivity index (χ3v) is 14.2. The Labute approximate surface area is 247 Å². The number of phosphoric acid groups is 1. The molecule has 5 nitrogen and oxygen atoms in total. The van der Waals surface area contributed by atoms with Crippen LogP contribution in [0.1, 0.15) is 119 Å². The highest BCUT2D eigenvalue weighted by Crippen LogP contribution is 2.69. The van der Waals surface area contributed by atoms with Crippen LogP contribution in [0.4, 0.5) is 0 Å². The maximum atomic E-state index is 12.7. The molecule has 4 fully saturated rings. The monoisotopic (exact) mass is 582 g/mol. The van der Waals surface area contributed by atoms with E-state index >= 15 is 0 Å². The van der Waals surface area contributed by atoms with Crippen LogP contribution in [0.2, 0.25) is 0 Å². The van der Waals surface area contributed by atoms with E-state index in [1.807, 2.05) is 0 Å². The minimum Gasteiger partial charge on any atom is -0.329 e. The molecule has 0 radical (unpaired) electrons. The molecular formula is C34H65NO4P+. The average molecular weight is 583 g/mol. The highest BCUT2D eigenvalue weighted by atomic mass is 31.2. The molecule has 0 aromatic rings. The molecule has 4 rings (SSSR count). The molecule has 0 heterocycles. The lowest BCUT2D eigenvalue weighted by molar-refractivity contribution is -0.870. The average Bonchev–Trinajstić information content (AvgIpc) is 3.20. The summed E-state index contributed by atoms with van der Waals surface area (Å²) in [6.45, 7) is 16.0. The summed E-state index contributed by atoms with van der Waals surface area (Å²) in [7, 11) is 2.15. The van der Waals surface area contributed by atoms with Gasteiger partial charge in [-0.1, -0.05) is 54.4 Å². The van der Waals surface area contributed by atoms with Gasteiger partial charge in [0.2, 0.25) is 0 Å². The third kappa shape index (κ3) is 7.06. The van der Waals surface area contributed by atoms with Crippen LogP contribution in [0.15, 0.2) is 0 Å². The second-order valence-corrected chi connectivity index (χ2v) is 18.1. The number of fused-ring (bicyclic) bond motifs is 5. The third-order valence-electron chi connectivity index (χ3n) is 13.1. The summed E-state index contributed by atoms with van der Waals surface area (Å²) in [5, 5.41) is 0. The summed E-state index contributed by atoms with van der Waals surface area (Å²) in [6, 6.07) is 0. The van der Waals surface area contributed by atoms with E-state index in [1.54, 1.807) is 0 Å². The fourth-order valence-corrected chi connectivity index (χ4v) is 11.6. The van der Waals surface area contributed by atoms with Gasteiger partial charge in [0, 0.05) is 0 Å². The number of rotatable bonds is 12. The van der Waals surface area contributed by atoms with Crippen LogP contribution < -0.4 is 0 Å². The lowest BCUT2D eigenvalue weighted by Gasteiger charge is -2.61. The summed E-state index contributed by atoms with van der Waals surface area (Å²) >= 11 is 0. The van der Waals surface area contributed by atoms with Crippen molar-refractivity contribution < 1.29 is 23.0 Å². The Hall–Kier alpha value is 0.0700. The Bertz CT molecular complexity index is 888. The van der Waals surface area contributed by atoms with Gasteiger partial charge in [-0.2, -0.15) is 0 Å². The highest BCUT2D eigenvalue weighted by molar-refractivity contribution is 7.47. The molecule has 2 unspecified atom stereocenters. The highest BCUT2D eigenvalue weighted by Gasteiger charge is 2.60. The maximum absolute atomic E-state index is 12.7. The van der Waals surface area contributed by atoms with Crippen molar-refractivity contribution in [2.24, 2.45) is 58.2 Å². The lowest BCUT2D eigenvalue weighted by atomic mass is 9.44. The molecule has 0 amide bonds. The Balaban J connectivity index is 1.35. The Morgan fingerprint density at radius 2 is 1.60 bits per heavy atom. The van der Waals surface area contributed by atoms with Crippen LogP contribution >= 0.6 is 7.82 Å². The Kier molecular flexibility index (Phi) is 10.4. The van der Waals surface area contributed by atoms with Crippen molar-refractivity contribution >= 4 is 7.82 Å². The molecule has 4 aliphatic rings. The van der Waals surface area contributed by atoms with Gasteiger partial charge in [0.05, 0.1) is 27.2 Å². The predicted octanol–water partition coefficient (Wildman–Crippen LogP) is 8.95. The number of likely N-dealkylation sites (N-methyl/N-ethyl adjacent to an activating group) is 1. The number of quaternary nitrogens is 1. The van der Waals surface area contributed by atoms with E-state index in [2.05, 4.69) is 62.7 Å². The molecule has 40 heavy (non-hydrogen) atoms.